The summed E-state index contributed by atoms with van der Waals surface area (Å²) in [7, 11) is 0. The fraction of sp³-hybridized carbons (Fsp3) is 0.118. The number of rotatable bonds is 5. The van der Waals surface area contributed by atoms with Crippen molar-refractivity contribution in [1.29, 1.82) is 0 Å². The van der Waals surface area contributed by atoms with Gasteiger partial charge in [-0.05, 0) is 35.0 Å². The highest BCUT2D eigenvalue weighted by Crippen LogP contribution is 2.31. The molecular weight excluding hydrogens is 376 g/mol. The quantitative estimate of drug-likeness (QED) is 0.461. The fourth-order valence-corrected chi connectivity index (χ4v) is 3.26. The van der Waals surface area contributed by atoms with Gasteiger partial charge in [-0.2, -0.15) is 0 Å². The van der Waals surface area contributed by atoms with Crippen LogP contribution in [0.3, 0.4) is 0 Å². The Bertz CT molecular complexity index is 820. The van der Waals surface area contributed by atoms with Crippen molar-refractivity contribution in [3.63, 3.8) is 0 Å². The molecule has 0 aliphatic carbocycles. The van der Waals surface area contributed by atoms with E-state index in [9.17, 15) is 4.79 Å². The van der Waals surface area contributed by atoms with Crippen LogP contribution in [-0.2, 0) is 0 Å². The first-order chi connectivity index (χ1) is 11.1. The number of halogens is 1. The summed E-state index contributed by atoms with van der Waals surface area (Å²) in [5.41, 5.74) is 1.51. The number of hydrogen-bond acceptors (Lipinski definition) is 5. The summed E-state index contributed by atoms with van der Waals surface area (Å²) in [6.07, 6.45) is 0. The molecule has 0 saturated heterocycles. The van der Waals surface area contributed by atoms with Gasteiger partial charge in [0.1, 0.15) is 0 Å². The number of ketones is 1. The number of Topliss-reactive ketones (excluding diaryl/α,β-unsaturated/α-hetero) is 1. The lowest BCUT2D eigenvalue weighted by molar-refractivity contribution is 0.0993. The molecule has 0 amide bonds. The van der Waals surface area contributed by atoms with Crippen LogP contribution in [0.15, 0.2) is 68.7 Å². The standard InChI is InChI=1S/C17H13BrN2O2S/c1-11(15(21)12-7-3-2-4-8-12)23-17-20-19-16(22-17)13-9-5-6-10-14(13)18/h2-11H,1H3/t11-/m0/s1. The molecule has 1 aromatic heterocycles. The molecule has 0 aliphatic rings. The molecule has 0 saturated carbocycles. The Morgan fingerprint density at radius 3 is 2.52 bits per heavy atom. The Morgan fingerprint density at radius 1 is 1.09 bits per heavy atom. The van der Waals surface area contributed by atoms with Crippen molar-refractivity contribution in [3.05, 3.63) is 64.6 Å². The Morgan fingerprint density at radius 2 is 1.78 bits per heavy atom. The van der Waals surface area contributed by atoms with Gasteiger partial charge < -0.3 is 4.42 Å². The zero-order chi connectivity index (χ0) is 16.2. The number of aromatic nitrogens is 2. The topological polar surface area (TPSA) is 56.0 Å². The molecule has 116 valence electrons. The second kappa shape index (κ2) is 7.10. The highest BCUT2D eigenvalue weighted by molar-refractivity contribution is 9.10. The first-order valence-electron chi connectivity index (χ1n) is 6.99. The van der Waals surface area contributed by atoms with E-state index < -0.39 is 0 Å². The van der Waals surface area contributed by atoms with Crippen LogP contribution in [-0.4, -0.2) is 21.2 Å². The van der Waals surface area contributed by atoms with Crippen LogP contribution >= 0.6 is 27.7 Å². The zero-order valence-electron chi connectivity index (χ0n) is 12.3. The van der Waals surface area contributed by atoms with E-state index in [1.165, 1.54) is 11.8 Å². The lowest BCUT2D eigenvalue weighted by atomic mass is 10.1. The van der Waals surface area contributed by atoms with Gasteiger partial charge in [-0.25, -0.2) is 0 Å². The van der Waals surface area contributed by atoms with Gasteiger partial charge in [0.2, 0.25) is 5.89 Å². The molecule has 0 aliphatic heterocycles. The van der Waals surface area contributed by atoms with Gasteiger partial charge in [0.05, 0.1) is 10.8 Å². The first kappa shape index (κ1) is 16.0. The van der Waals surface area contributed by atoms with E-state index in [4.69, 9.17) is 4.42 Å². The molecular formula is C17H13BrN2O2S. The fourth-order valence-electron chi connectivity index (χ4n) is 2.04. The molecule has 0 bridgehead atoms. The van der Waals surface area contributed by atoms with E-state index in [0.717, 1.165) is 10.0 Å². The second-order valence-electron chi connectivity index (χ2n) is 4.84. The van der Waals surface area contributed by atoms with Crippen LogP contribution in [0, 0.1) is 0 Å². The lowest BCUT2D eigenvalue weighted by Gasteiger charge is -2.06. The average molecular weight is 389 g/mol. The third-order valence-corrected chi connectivity index (χ3v) is 4.84. The molecule has 6 heteroatoms. The van der Waals surface area contributed by atoms with Gasteiger partial charge in [-0.1, -0.05) is 54.2 Å². The number of carbonyl (C=O) groups is 1. The average Bonchev–Trinajstić information content (AvgIpc) is 3.03. The molecule has 3 rings (SSSR count). The van der Waals surface area contributed by atoms with Crippen molar-refractivity contribution >= 4 is 33.5 Å². The van der Waals surface area contributed by atoms with Gasteiger partial charge in [0.15, 0.2) is 5.78 Å². The van der Waals surface area contributed by atoms with Crippen molar-refractivity contribution < 1.29 is 9.21 Å². The number of nitrogens with zero attached hydrogens (tertiary/aromatic N) is 2. The van der Waals surface area contributed by atoms with E-state index in [1.807, 2.05) is 49.4 Å². The molecule has 2 aromatic carbocycles. The predicted octanol–water partition coefficient (Wildman–Crippen LogP) is 4.86. The number of thioether (sulfide) groups is 1. The summed E-state index contributed by atoms with van der Waals surface area (Å²) < 4.78 is 6.55. The number of carbonyl (C=O) groups excluding carboxylic acids is 1. The van der Waals surface area contributed by atoms with E-state index >= 15 is 0 Å². The first-order valence-corrected chi connectivity index (χ1v) is 8.67. The van der Waals surface area contributed by atoms with E-state index in [1.54, 1.807) is 12.1 Å². The van der Waals surface area contributed by atoms with E-state index in [2.05, 4.69) is 26.1 Å². The zero-order valence-corrected chi connectivity index (χ0v) is 14.7. The summed E-state index contributed by atoms with van der Waals surface area (Å²) in [5.74, 6) is 0.468. The normalized spacial score (nSPS) is 12.1. The maximum atomic E-state index is 12.4. The van der Waals surface area contributed by atoms with Crippen LogP contribution in [0.5, 0.6) is 0 Å². The summed E-state index contributed by atoms with van der Waals surface area (Å²) in [4.78, 5) is 12.4. The summed E-state index contributed by atoms with van der Waals surface area (Å²) in [6, 6.07) is 16.8. The number of benzene rings is 2. The highest BCUT2D eigenvalue weighted by atomic mass is 79.9. The minimum atomic E-state index is -0.301. The third-order valence-electron chi connectivity index (χ3n) is 3.22. The van der Waals surface area contributed by atoms with E-state index in [0.29, 0.717) is 16.7 Å². The summed E-state index contributed by atoms with van der Waals surface area (Å²) >= 11 is 4.72. The highest BCUT2D eigenvalue weighted by Gasteiger charge is 2.20. The van der Waals surface area contributed by atoms with Gasteiger partial charge in [0.25, 0.3) is 5.22 Å². The molecule has 0 unspecified atom stereocenters. The predicted molar refractivity (Wildman–Crippen MR) is 93.5 cm³/mol. The maximum Gasteiger partial charge on any atom is 0.277 e. The SMILES string of the molecule is C[C@H](Sc1nnc(-c2ccccc2Br)o1)C(=O)c1ccccc1. The third kappa shape index (κ3) is 3.71. The van der Waals surface area contributed by atoms with Crippen LogP contribution < -0.4 is 0 Å². The monoisotopic (exact) mass is 388 g/mol. The Balaban J connectivity index is 1.74. The molecule has 23 heavy (non-hydrogen) atoms. The van der Waals surface area contributed by atoms with Gasteiger partial charge in [-0.15, -0.1) is 10.2 Å². The Labute approximate surface area is 146 Å². The molecule has 1 atom stereocenters. The summed E-state index contributed by atoms with van der Waals surface area (Å²) in [6.45, 7) is 1.84. The van der Waals surface area contributed by atoms with Gasteiger partial charge in [0, 0.05) is 10.0 Å². The molecule has 0 radical (unpaired) electrons. The van der Waals surface area contributed by atoms with Gasteiger partial charge >= 0.3 is 0 Å². The van der Waals surface area contributed by atoms with Crippen LogP contribution in [0.25, 0.3) is 11.5 Å². The summed E-state index contributed by atoms with van der Waals surface area (Å²) in [5, 5.41) is 8.16. The molecule has 1 heterocycles. The molecule has 0 fully saturated rings. The molecule has 0 N–H and O–H groups in total. The Hall–Kier alpha value is -1.92. The second-order valence-corrected chi connectivity index (χ2v) is 6.99. The molecule has 3 aromatic rings. The largest absolute Gasteiger partial charge is 0.411 e. The minimum Gasteiger partial charge on any atom is -0.411 e. The maximum absolute atomic E-state index is 12.4. The molecule has 0 spiro atoms. The van der Waals surface area contributed by atoms with Gasteiger partial charge in [-0.3, -0.25) is 4.79 Å². The van der Waals surface area contributed by atoms with Crippen molar-refractivity contribution in [2.45, 2.75) is 17.4 Å². The van der Waals surface area contributed by atoms with Crippen LogP contribution in [0.4, 0.5) is 0 Å². The minimum absolute atomic E-state index is 0.0382. The van der Waals surface area contributed by atoms with Crippen LogP contribution in [0.1, 0.15) is 17.3 Å². The smallest absolute Gasteiger partial charge is 0.277 e. The molecule has 4 nitrogen and oxygen atoms in total. The van der Waals surface area contributed by atoms with Crippen LogP contribution in [0.2, 0.25) is 0 Å². The number of hydrogen-bond donors (Lipinski definition) is 0. The van der Waals surface area contributed by atoms with E-state index in [-0.39, 0.29) is 11.0 Å². The van der Waals surface area contributed by atoms with Crippen molar-refractivity contribution in [1.82, 2.24) is 10.2 Å². The van der Waals surface area contributed by atoms with Crippen molar-refractivity contribution in [2.24, 2.45) is 0 Å². The lowest BCUT2D eigenvalue weighted by Crippen LogP contribution is -2.13. The Kier molecular flexibility index (Phi) is 4.93. The van der Waals surface area contributed by atoms with Crippen molar-refractivity contribution in [3.8, 4) is 11.5 Å². The van der Waals surface area contributed by atoms with Crippen molar-refractivity contribution in [2.75, 3.05) is 0 Å².